The minimum Gasteiger partial charge on any atom is -0.378 e. The molecule has 8 heteroatoms. The van der Waals surface area contributed by atoms with Crippen LogP contribution in [0, 0.1) is 0 Å². The van der Waals surface area contributed by atoms with Gasteiger partial charge in [-0.3, -0.25) is 4.79 Å². The predicted octanol–water partition coefficient (Wildman–Crippen LogP) is 4.08. The van der Waals surface area contributed by atoms with Crippen LogP contribution in [0.2, 0.25) is 0 Å². The molecule has 1 saturated carbocycles. The Hall–Kier alpha value is -1.80. The number of benzene rings is 1. The molecule has 1 aromatic carbocycles. The molecule has 1 aliphatic carbocycles. The van der Waals surface area contributed by atoms with Gasteiger partial charge in [0, 0.05) is 31.5 Å². The van der Waals surface area contributed by atoms with Gasteiger partial charge in [0.1, 0.15) is 0 Å². The van der Waals surface area contributed by atoms with Crippen molar-refractivity contribution in [3.05, 3.63) is 24.3 Å². The normalized spacial score (nSPS) is 14.8. The van der Waals surface area contributed by atoms with Gasteiger partial charge in [-0.2, -0.15) is 0 Å². The summed E-state index contributed by atoms with van der Waals surface area (Å²) in [7, 11) is 3.98. The highest BCUT2D eigenvalue weighted by atomic mass is 32.2. The minimum atomic E-state index is -0.0374. The molecular formula is C18H25N5OS2. The second-order valence-corrected chi connectivity index (χ2v) is 8.83. The van der Waals surface area contributed by atoms with Crippen LogP contribution >= 0.6 is 23.1 Å². The van der Waals surface area contributed by atoms with Gasteiger partial charge in [-0.05, 0) is 37.1 Å². The van der Waals surface area contributed by atoms with Crippen molar-refractivity contribution in [1.82, 2.24) is 10.2 Å². The number of carbonyl (C=O) groups is 1. The number of carbonyl (C=O) groups excluding carboxylic acids is 1. The summed E-state index contributed by atoms with van der Waals surface area (Å²) in [5.41, 5.74) is 1.90. The number of hydrogen-bond donors (Lipinski definition) is 2. The Morgan fingerprint density at radius 3 is 2.62 bits per heavy atom. The van der Waals surface area contributed by atoms with Gasteiger partial charge in [0.15, 0.2) is 4.34 Å². The van der Waals surface area contributed by atoms with Crippen LogP contribution in [0.15, 0.2) is 28.6 Å². The summed E-state index contributed by atoms with van der Waals surface area (Å²) < 4.78 is 0.821. The molecule has 0 atom stereocenters. The lowest BCUT2D eigenvalue weighted by molar-refractivity contribution is -0.113. The van der Waals surface area contributed by atoms with E-state index in [0.717, 1.165) is 20.8 Å². The first-order chi connectivity index (χ1) is 12.6. The number of anilines is 3. The molecule has 1 aliphatic rings. The molecule has 6 nitrogen and oxygen atoms in total. The molecule has 0 aliphatic heterocycles. The monoisotopic (exact) mass is 391 g/mol. The maximum Gasteiger partial charge on any atom is 0.234 e. The van der Waals surface area contributed by atoms with E-state index in [-0.39, 0.29) is 5.91 Å². The summed E-state index contributed by atoms with van der Waals surface area (Å²) in [4.78, 5) is 14.2. The summed E-state index contributed by atoms with van der Waals surface area (Å²) in [6.07, 6.45) is 6.32. The molecule has 0 spiro atoms. The van der Waals surface area contributed by atoms with Crippen LogP contribution in [-0.2, 0) is 4.79 Å². The Labute approximate surface area is 162 Å². The quantitative estimate of drug-likeness (QED) is 0.693. The van der Waals surface area contributed by atoms with E-state index in [1.807, 2.05) is 43.3 Å². The summed E-state index contributed by atoms with van der Waals surface area (Å²) >= 11 is 2.95. The van der Waals surface area contributed by atoms with E-state index in [2.05, 4.69) is 20.8 Å². The van der Waals surface area contributed by atoms with Crippen LogP contribution in [0.3, 0.4) is 0 Å². The molecule has 2 aromatic rings. The Morgan fingerprint density at radius 1 is 1.19 bits per heavy atom. The predicted molar refractivity (Wildman–Crippen MR) is 111 cm³/mol. The molecule has 140 valence electrons. The number of nitrogens with one attached hydrogen (secondary N) is 2. The molecule has 0 radical (unpaired) electrons. The summed E-state index contributed by atoms with van der Waals surface area (Å²) in [6, 6.07) is 8.31. The first kappa shape index (κ1) is 19.0. The molecule has 1 amide bonds. The lowest BCUT2D eigenvalue weighted by atomic mass is 9.96. The van der Waals surface area contributed by atoms with Gasteiger partial charge >= 0.3 is 0 Å². The van der Waals surface area contributed by atoms with Crippen LogP contribution in [-0.4, -0.2) is 42.0 Å². The fraction of sp³-hybridized carbons (Fsp3) is 0.500. The van der Waals surface area contributed by atoms with Crippen molar-refractivity contribution in [1.29, 1.82) is 0 Å². The van der Waals surface area contributed by atoms with Crippen LogP contribution in [0.25, 0.3) is 0 Å². The second-order valence-electron chi connectivity index (χ2n) is 6.63. The van der Waals surface area contributed by atoms with Crippen LogP contribution < -0.4 is 15.5 Å². The smallest absolute Gasteiger partial charge is 0.234 e. The van der Waals surface area contributed by atoms with Gasteiger partial charge in [-0.25, -0.2) is 0 Å². The molecule has 0 bridgehead atoms. The van der Waals surface area contributed by atoms with Gasteiger partial charge in [-0.15, -0.1) is 10.2 Å². The van der Waals surface area contributed by atoms with E-state index < -0.39 is 0 Å². The molecule has 1 fully saturated rings. The number of nitrogens with zero attached hydrogens (tertiary/aromatic N) is 3. The Morgan fingerprint density at radius 2 is 1.92 bits per heavy atom. The van der Waals surface area contributed by atoms with Crippen LogP contribution in [0.4, 0.5) is 16.5 Å². The Kier molecular flexibility index (Phi) is 6.73. The third kappa shape index (κ3) is 5.60. The van der Waals surface area contributed by atoms with E-state index in [1.165, 1.54) is 55.2 Å². The SMILES string of the molecule is CN(C)c1ccc(NC(=O)CSc2nnc(NC3CCCCC3)s2)cc1. The van der Waals surface area contributed by atoms with E-state index in [0.29, 0.717) is 11.8 Å². The lowest BCUT2D eigenvalue weighted by Crippen LogP contribution is -2.21. The second kappa shape index (κ2) is 9.23. The number of rotatable bonds is 7. The maximum atomic E-state index is 12.1. The summed E-state index contributed by atoms with van der Waals surface area (Å²) in [5, 5.41) is 15.6. The van der Waals surface area contributed by atoms with Crippen molar-refractivity contribution in [3.63, 3.8) is 0 Å². The van der Waals surface area contributed by atoms with Gasteiger partial charge in [0.05, 0.1) is 5.75 Å². The summed E-state index contributed by atoms with van der Waals surface area (Å²) in [5.74, 6) is 0.289. The number of amides is 1. The first-order valence-electron chi connectivity index (χ1n) is 8.90. The lowest BCUT2D eigenvalue weighted by Gasteiger charge is -2.21. The van der Waals surface area contributed by atoms with Gasteiger partial charge < -0.3 is 15.5 Å². The zero-order chi connectivity index (χ0) is 18.4. The van der Waals surface area contributed by atoms with E-state index in [9.17, 15) is 4.79 Å². The van der Waals surface area contributed by atoms with E-state index >= 15 is 0 Å². The van der Waals surface area contributed by atoms with Crippen LogP contribution in [0.5, 0.6) is 0 Å². The molecule has 26 heavy (non-hydrogen) atoms. The number of aromatic nitrogens is 2. The van der Waals surface area contributed by atoms with Crippen LogP contribution in [0.1, 0.15) is 32.1 Å². The average molecular weight is 392 g/mol. The molecule has 1 heterocycles. The highest BCUT2D eigenvalue weighted by molar-refractivity contribution is 8.01. The van der Waals surface area contributed by atoms with Crippen molar-refractivity contribution in [2.45, 2.75) is 42.5 Å². The van der Waals surface area contributed by atoms with Crippen molar-refractivity contribution in [2.24, 2.45) is 0 Å². The van der Waals surface area contributed by atoms with Crippen molar-refractivity contribution < 1.29 is 4.79 Å². The Bertz CT molecular complexity index is 711. The zero-order valence-electron chi connectivity index (χ0n) is 15.2. The largest absolute Gasteiger partial charge is 0.378 e. The molecule has 2 N–H and O–H groups in total. The molecule has 0 saturated heterocycles. The first-order valence-corrected chi connectivity index (χ1v) is 10.7. The van der Waals surface area contributed by atoms with Crippen molar-refractivity contribution >= 4 is 45.5 Å². The molecule has 0 unspecified atom stereocenters. The van der Waals surface area contributed by atoms with Gasteiger partial charge in [0.2, 0.25) is 11.0 Å². The van der Waals surface area contributed by atoms with E-state index in [1.54, 1.807) is 0 Å². The molecule has 3 rings (SSSR count). The fourth-order valence-corrected chi connectivity index (χ4v) is 4.54. The highest BCUT2D eigenvalue weighted by Crippen LogP contribution is 2.28. The minimum absolute atomic E-state index is 0.0374. The van der Waals surface area contributed by atoms with Crippen molar-refractivity contribution in [3.8, 4) is 0 Å². The van der Waals surface area contributed by atoms with Gasteiger partial charge in [0.25, 0.3) is 0 Å². The van der Waals surface area contributed by atoms with Gasteiger partial charge in [-0.1, -0.05) is 42.4 Å². The zero-order valence-corrected chi connectivity index (χ0v) is 16.8. The highest BCUT2D eigenvalue weighted by Gasteiger charge is 2.15. The standard InChI is InChI=1S/C18H25N5OS2/c1-23(2)15-10-8-14(9-11-15)19-16(24)12-25-18-22-21-17(26-18)20-13-6-4-3-5-7-13/h8-11,13H,3-7,12H2,1-2H3,(H,19,24)(H,20,21). The third-order valence-electron chi connectivity index (χ3n) is 4.33. The van der Waals surface area contributed by atoms with E-state index in [4.69, 9.17) is 0 Å². The third-order valence-corrected chi connectivity index (χ3v) is 6.32. The van der Waals surface area contributed by atoms with Crippen molar-refractivity contribution in [2.75, 3.05) is 35.4 Å². The Balaban J connectivity index is 1.44. The topological polar surface area (TPSA) is 70.2 Å². The fourth-order valence-electron chi connectivity index (χ4n) is 2.92. The maximum absolute atomic E-state index is 12.1. The number of hydrogen-bond acceptors (Lipinski definition) is 7. The number of thioether (sulfide) groups is 1. The average Bonchev–Trinajstić information content (AvgIpc) is 3.09. The summed E-state index contributed by atoms with van der Waals surface area (Å²) in [6.45, 7) is 0. The molecular weight excluding hydrogens is 366 g/mol. The molecule has 1 aromatic heterocycles.